The van der Waals surface area contributed by atoms with Gasteiger partial charge < -0.3 is 15.4 Å². The highest BCUT2D eigenvalue weighted by molar-refractivity contribution is 7.89. The van der Waals surface area contributed by atoms with Gasteiger partial charge in [0.1, 0.15) is 5.75 Å². The van der Waals surface area contributed by atoms with Crippen molar-refractivity contribution in [2.75, 3.05) is 18.5 Å². The Morgan fingerprint density at radius 2 is 1.75 bits per heavy atom. The van der Waals surface area contributed by atoms with Crippen molar-refractivity contribution in [2.45, 2.75) is 23.8 Å². The number of sulfonamides is 1. The number of hydrogen-bond acceptors (Lipinski definition) is 5. The molecule has 1 aliphatic rings. The van der Waals surface area contributed by atoms with Crippen molar-refractivity contribution < 1.29 is 22.7 Å². The zero-order valence-electron chi connectivity index (χ0n) is 15.1. The van der Waals surface area contributed by atoms with Crippen LogP contribution < -0.4 is 20.1 Å². The summed E-state index contributed by atoms with van der Waals surface area (Å²) < 4.78 is 32.3. The molecule has 0 aliphatic heterocycles. The molecule has 0 radical (unpaired) electrons. The number of carbonyl (C=O) groups excluding carboxylic acids is 2. The minimum Gasteiger partial charge on any atom is -0.484 e. The summed E-state index contributed by atoms with van der Waals surface area (Å²) in [4.78, 5) is 23.9. The number of ether oxygens (including phenoxy) is 1. The second-order valence-electron chi connectivity index (χ2n) is 6.35. The van der Waals surface area contributed by atoms with Crippen LogP contribution in [0.1, 0.15) is 12.8 Å². The van der Waals surface area contributed by atoms with Crippen molar-refractivity contribution in [2.24, 2.45) is 0 Å². The maximum absolute atomic E-state index is 12.2. The minimum absolute atomic E-state index is 0.00318. The van der Waals surface area contributed by atoms with E-state index in [1.165, 1.54) is 12.1 Å². The first kappa shape index (κ1) is 19.8. The van der Waals surface area contributed by atoms with E-state index in [9.17, 15) is 18.0 Å². The zero-order chi connectivity index (χ0) is 20.0. The third-order valence-corrected chi connectivity index (χ3v) is 5.40. The van der Waals surface area contributed by atoms with E-state index in [-0.39, 0.29) is 24.1 Å². The van der Waals surface area contributed by atoms with Gasteiger partial charge in [0, 0.05) is 11.7 Å². The molecular formula is C19H21N3O5S. The Labute approximate surface area is 163 Å². The van der Waals surface area contributed by atoms with Crippen molar-refractivity contribution in [3.05, 3.63) is 54.6 Å². The Kier molecular flexibility index (Phi) is 6.27. The largest absolute Gasteiger partial charge is 0.484 e. The predicted molar refractivity (Wildman–Crippen MR) is 103 cm³/mol. The summed E-state index contributed by atoms with van der Waals surface area (Å²) in [7, 11) is -3.60. The molecule has 0 atom stereocenters. The molecule has 148 valence electrons. The average molecular weight is 403 g/mol. The summed E-state index contributed by atoms with van der Waals surface area (Å²) in [5.41, 5.74) is 0.332. The maximum Gasteiger partial charge on any atom is 0.258 e. The van der Waals surface area contributed by atoms with Gasteiger partial charge in [-0.2, -0.15) is 0 Å². The van der Waals surface area contributed by atoms with Crippen molar-refractivity contribution >= 4 is 27.5 Å². The molecule has 2 aromatic rings. The van der Waals surface area contributed by atoms with E-state index < -0.39 is 21.8 Å². The molecule has 0 unspecified atom stereocenters. The highest BCUT2D eigenvalue weighted by Gasteiger charge is 2.28. The molecule has 0 aromatic heterocycles. The number of hydrogen-bond donors (Lipinski definition) is 3. The average Bonchev–Trinajstić information content (AvgIpc) is 3.49. The van der Waals surface area contributed by atoms with Crippen LogP contribution in [0.25, 0.3) is 0 Å². The topological polar surface area (TPSA) is 114 Å². The van der Waals surface area contributed by atoms with Gasteiger partial charge >= 0.3 is 0 Å². The SMILES string of the molecule is O=C(COc1ccccc1)NCC(=O)Nc1cccc(S(=O)(=O)NC2CC2)c1. The molecule has 8 nitrogen and oxygen atoms in total. The number of nitrogens with one attached hydrogen (secondary N) is 3. The molecule has 0 heterocycles. The Balaban J connectivity index is 1.46. The van der Waals surface area contributed by atoms with Gasteiger partial charge in [0.05, 0.1) is 11.4 Å². The quantitative estimate of drug-likeness (QED) is 0.583. The molecule has 2 aromatic carbocycles. The summed E-state index contributed by atoms with van der Waals surface area (Å²) in [5, 5.41) is 5.01. The van der Waals surface area contributed by atoms with E-state index in [2.05, 4.69) is 15.4 Å². The van der Waals surface area contributed by atoms with Crippen LogP contribution in [0.4, 0.5) is 5.69 Å². The van der Waals surface area contributed by atoms with Gasteiger partial charge in [0.15, 0.2) is 6.61 Å². The lowest BCUT2D eigenvalue weighted by atomic mass is 10.3. The van der Waals surface area contributed by atoms with Gasteiger partial charge in [0.2, 0.25) is 15.9 Å². The number of para-hydroxylation sites is 1. The van der Waals surface area contributed by atoms with E-state index in [1.54, 1.807) is 36.4 Å². The predicted octanol–water partition coefficient (Wildman–Crippen LogP) is 1.26. The fourth-order valence-electron chi connectivity index (χ4n) is 2.33. The van der Waals surface area contributed by atoms with Gasteiger partial charge in [-0.3, -0.25) is 9.59 Å². The standard InChI is InChI=1S/C19H21N3O5S/c23-18(12-20-19(24)13-27-16-6-2-1-3-7-16)21-15-5-4-8-17(11-15)28(25,26)22-14-9-10-14/h1-8,11,14,22H,9-10,12-13H2,(H,20,24)(H,21,23). The van der Waals surface area contributed by atoms with Gasteiger partial charge in [0.25, 0.3) is 5.91 Å². The smallest absolute Gasteiger partial charge is 0.258 e. The fourth-order valence-corrected chi connectivity index (χ4v) is 3.68. The molecule has 9 heteroatoms. The number of carbonyl (C=O) groups is 2. The van der Waals surface area contributed by atoms with Gasteiger partial charge in [-0.15, -0.1) is 0 Å². The summed E-state index contributed by atoms with van der Waals surface area (Å²) >= 11 is 0. The second kappa shape index (κ2) is 8.85. The van der Waals surface area contributed by atoms with E-state index in [1.807, 2.05) is 6.07 Å². The number of benzene rings is 2. The number of anilines is 1. The molecule has 0 saturated heterocycles. The fraction of sp³-hybridized carbons (Fsp3) is 0.263. The second-order valence-corrected chi connectivity index (χ2v) is 8.06. The number of amides is 2. The van der Waals surface area contributed by atoms with Crippen molar-refractivity contribution in [1.82, 2.24) is 10.0 Å². The van der Waals surface area contributed by atoms with Crippen LogP contribution in [-0.2, 0) is 19.6 Å². The van der Waals surface area contributed by atoms with Crippen molar-refractivity contribution in [1.29, 1.82) is 0 Å². The van der Waals surface area contributed by atoms with E-state index >= 15 is 0 Å². The monoisotopic (exact) mass is 403 g/mol. The third kappa shape index (κ3) is 6.07. The van der Waals surface area contributed by atoms with Crippen LogP contribution in [0.3, 0.4) is 0 Å². The van der Waals surface area contributed by atoms with Crippen LogP contribution in [0.15, 0.2) is 59.5 Å². The lowest BCUT2D eigenvalue weighted by Gasteiger charge is -2.10. The van der Waals surface area contributed by atoms with Crippen LogP contribution in [0, 0.1) is 0 Å². The highest BCUT2D eigenvalue weighted by atomic mass is 32.2. The van der Waals surface area contributed by atoms with Crippen LogP contribution in [0.5, 0.6) is 5.75 Å². The third-order valence-electron chi connectivity index (χ3n) is 3.89. The molecule has 0 bridgehead atoms. The van der Waals surface area contributed by atoms with Crippen LogP contribution in [-0.4, -0.2) is 39.4 Å². The van der Waals surface area contributed by atoms with E-state index in [0.29, 0.717) is 11.4 Å². The van der Waals surface area contributed by atoms with Crippen molar-refractivity contribution in [3.63, 3.8) is 0 Å². The molecule has 2 amide bonds. The maximum atomic E-state index is 12.2. The Hall–Kier alpha value is -2.91. The molecule has 1 saturated carbocycles. The van der Waals surface area contributed by atoms with Crippen molar-refractivity contribution in [3.8, 4) is 5.75 Å². The molecule has 28 heavy (non-hydrogen) atoms. The molecule has 1 fully saturated rings. The van der Waals surface area contributed by atoms with Gasteiger partial charge in [-0.25, -0.2) is 13.1 Å². The molecular weight excluding hydrogens is 382 g/mol. The lowest BCUT2D eigenvalue weighted by Crippen LogP contribution is -2.35. The summed E-state index contributed by atoms with van der Waals surface area (Å²) in [6.07, 6.45) is 1.67. The van der Waals surface area contributed by atoms with Gasteiger partial charge in [-0.1, -0.05) is 24.3 Å². The Bertz CT molecular complexity index is 943. The zero-order valence-corrected chi connectivity index (χ0v) is 15.9. The molecule has 1 aliphatic carbocycles. The van der Waals surface area contributed by atoms with E-state index in [0.717, 1.165) is 12.8 Å². The Morgan fingerprint density at radius 1 is 1.00 bits per heavy atom. The van der Waals surface area contributed by atoms with Gasteiger partial charge in [-0.05, 0) is 43.2 Å². The first-order chi connectivity index (χ1) is 13.4. The molecule has 3 rings (SSSR count). The normalized spacial score (nSPS) is 13.6. The molecule has 3 N–H and O–H groups in total. The van der Waals surface area contributed by atoms with Crippen LogP contribution >= 0.6 is 0 Å². The summed E-state index contributed by atoms with van der Waals surface area (Å²) in [6.45, 7) is -0.466. The first-order valence-electron chi connectivity index (χ1n) is 8.79. The summed E-state index contributed by atoms with van der Waals surface area (Å²) in [6, 6.07) is 14.8. The number of rotatable bonds is 9. The highest BCUT2D eigenvalue weighted by Crippen LogP contribution is 2.23. The molecule has 0 spiro atoms. The Morgan fingerprint density at radius 3 is 2.46 bits per heavy atom. The first-order valence-corrected chi connectivity index (χ1v) is 10.3. The van der Waals surface area contributed by atoms with E-state index in [4.69, 9.17) is 4.74 Å². The summed E-state index contributed by atoms with van der Waals surface area (Å²) in [5.74, 6) is -0.360. The lowest BCUT2D eigenvalue weighted by molar-refractivity contribution is -0.125. The minimum atomic E-state index is -3.60. The van der Waals surface area contributed by atoms with Crippen LogP contribution in [0.2, 0.25) is 0 Å².